The van der Waals surface area contributed by atoms with Crippen LogP contribution in [0.2, 0.25) is 0 Å². The fourth-order valence-electron chi connectivity index (χ4n) is 2.31. The maximum atomic E-state index is 9.87. The summed E-state index contributed by atoms with van der Waals surface area (Å²) in [5.74, 6) is 0. The Hall–Kier alpha value is -1.71. The molecule has 0 amide bonds. The van der Waals surface area contributed by atoms with Gasteiger partial charge in [0.05, 0.1) is 17.8 Å². The van der Waals surface area contributed by atoms with Gasteiger partial charge in [-0.25, -0.2) is 0 Å². The van der Waals surface area contributed by atoms with Crippen LogP contribution in [0.3, 0.4) is 0 Å². The number of benzene rings is 1. The van der Waals surface area contributed by atoms with Crippen LogP contribution in [0.25, 0.3) is 0 Å². The molecule has 0 aliphatic heterocycles. The van der Waals surface area contributed by atoms with E-state index in [0.29, 0.717) is 6.54 Å². The van der Waals surface area contributed by atoms with E-state index in [1.54, 1.807) is 0 Å². The van der Waals surface area contributed by atoms with Crippen LogP contribution in [0.1, 0.15) is 30.2 Å². The van der Waals surface area contributed by atoms with Crippen LogP contribution in [0.4, 0.5) is 0 Å². The predicted octanol–water partition coefficient (Wildman–Crippen LogP) is 2.78. The fraction of sp³-hybridized carbons (Fsp3) is 0.353. The molecule has 0 fully saturated rings. The van der Waals surface area contributed by atoms with Gasteiger partial charge in [-0.05, 0) is 30.5 Å². The topological polar surface area (TPSA) is 45.1 Å². The van der Waals surface area contributed by atoms with Gasteiger partial charge in [-0.3, -0.25) is 10.3 Å². The largest absolute Gasteiger partial charge is 0.394 e. The summed E-state index contributed by atoms with van der Waals surface area (Å²) in [6.45, 7) is 4.82. The first-order valence-corrected chi connectivity index (χ1v) is 7.03. The third kappa shape index (κ3) is 3.24. The maximum absolute atomic E-state index is 9.87. The SMILES string of the molecule is CCC(CO)(NCc1ccc(C)cn1)c1ccccc1. The number of nitrogens with one attached hydrogen (secondary N) is 1. The molecule has 106 valence electrons. The Morgan fingerprint density at radius 1 is 1.15 bits per heavy atom. The van der Waals surface area contributed by atoms with E-state index in [1.165, 1.54) is 0 Å². The van der Waals surface area contributed by atoms with Gasteiger partial charge in [-0.15, -0.1) is 0 Å². The second-order valence-electron chi connectivity index (χ2n) is 5.14. The minimum atomic E-state index is -0.409. The van der Waals surface area contributed by atoms with Crippen LogP contribution in [0.15, 0.2) is 48.7 Å². The highest BCUT2D eigenvalue weighted by molar-refractivity contribution is 5.25. The maximum Gasteiger partial charge on any atom is 0.0669 e. The Morgan fingerprint density at radius 3 is 2.45 bits per heavy atom. The standard InChI is InChI=1S/C17H22N2O/c1-3-17(13-20,15-7-5-4-6-8-15)19-12-16-10-9-14(2)11-18-16/h4-11,19-20H,3,12-13H2,1-2H3. The van der Waals surface area contributed by atoms with Crippen molar-refractivity contribution < 1.29 is 5.11 Å². The molecular weight excluding hydrogens is 248 g/mol. The zero-order chi connectivity index (χ0) is 14.4. The lowest BCUT2D eigenvalue weighted by atomic mass is 9.88. The molecule has 1 heterocycles. The fourth-order valence-corrected chi connectivity index (χ4v) is 2.31. The monoisotopic (exact) mass is 270 g/mol. The second kappa shape index (κ2) is 6.64. The second-order valence-corrected chi connectivity index (χ2v) is 5.14. The summed E-state index contributed by atoms with van der Waals surface area (Å²) in [5, 5.41) is 13.3. The van der Waals surface area contributed by atoms with Gasteiger partial charge in [0.15, 0.2) is 0 Å². The summed E-state index contributed by atoms with van der Waals surface area (Å²) >= 11 is 0. The van der Waals surface area contributed by atoms with Crippen molar-refractivity contribution in [3.05, 3.63) is 65.5 Å². The van der Waals surface area contributed by atoms with Crippen LogP contribution in [-0.4, -0.2) is 16.7 Å². The Balaban J connectivity index is 2.15. The molecule has 0 aliphatic carbocycles. The average Bonchev–Trinajstić information content (AvgIpc) is 2.51. The molecule has 1 aromatic heterocycles. The molecule has 1 aromatic carbocycles. The highest BCUT2D eigenvalue weighted by Crippen LogP contribution is 2.24. The molecular formula is C17H22N2O. The van der Waals surface area contributed by atoms with Crippen molar-refractivity contribution in [1.29, 1.82) is 0 Å². The zero-order valence-corrected chi connectivity index (χ0v) is 12.1. The van der Waals surface area contributed by atoms with Crippen molar-refractivity contribution in [3.8, 4) is 0 Å². The van der Waals surface area contributed by atoms with Gasteiger partial charge >= 0.3 is 0 Å². The molecule has 1 atom stereocenters. The van der Waals surface area contributed by atoms with Crippen molar-refractivity contribution in [2.75, 3.05) is 6.61 Å². The Morgan fingerprint density at radius 2 is 1.90 bits per heavy atom. The summed E-state index contributed by atoms with van der Waals surface area (Å²) < 4.78 is 0. The molecule has 2 N–H and O–H groups in total. The molecule has 0 aliphatic rings. The first-order valence-electron chi connectivity index (χ1n) is 7.03. The van der Waals surface area contributed by atoms with E-state index in [4.69, 9.17) is 0 Å². The van der Waals surface area contributed by atoms with Crippen LogP contribution < -0.4 is 5.32 Å². The lowest BCUT2D eigenvalue weighted by molar-refractivity contribution is 0.153. The van der Waals surface area contributed by atoms with Crippen molar-refractivity contribution in [2.24, 2.45) is 0 Å². The summed E-state index contributed by atoms with van der Waals surface area (Å²) in [6, 6.07) is 14.2. The zero-order valence-electron chi connectivity index (χ0n) is 12.1. The minimum absolute atomic E-state index is 0.0688. The van der Waals surface area contributed by atoms with Crippen molar-refractivity contribution in [1.82, 2.24) is 10.3 Å². The van der Waals surface area contributed by atoms with Crippen LogP contribution in [0, 0.1) is 6.92 Å². The lowest BCUT2D eigenvalue weighted by Crippen LogP contribution is -2.44. The molecule has 2 aromatic rings. The molecule has 3 heteroatoms. The number of hydrogen-bond donors (Lipinski definition) is 2. The van der Waals surface area contributed by atoms with Gasteiger partial charge in [-0.2, -0.15) is 0 Å². The summed E-state index contributed by atoms with van der Waals surface area (Å²) in [7, 11) is 0. The molecule has 1 unspecified atom stereocenters. The quantitative estimate of drug-likeness (QED) is 0.848. The van der Waals surface area contributed by atoms with Gasteiger partial charge in [0, 0.05) is 12.7 Å². The lowest BCUT2D eigenvalue weighted by Gasteiger charge is -2.32. The Bertz CT molecular complexity index is 518. The number of aliphatic hydroxyl groups is 1. The van der Waals surface area contributed by atoms with E-state index < -0.39 is 5.54 Å². The van der Waals surface area contributed by atoms with E-state index in [-0.39, 0.29) is 6.61 Å². The first-order chi connectivity index (χ1) is 9.70. The van der Waals surface area contributed by atoms with Gasteiger partial charge in [0.1, 0.15) is 0 Å². The van der Waals surface area contributed by atoms with Gasteiger partial charge in [0.2, 0.25) is 0 Å². The van der Waals surface area contributed by atoms with Crippen molar-refractivity contribution >= 4 is 0 Å². The summed E-state index contributed by atoms with van der Waals surface area (Å²) in [4.78, 5) is 4.40. The smallest absolute Gasteiger partial charge is 0.0669 e. The van der Waals surface area contributed by atoms with Crippen LogP contribution in [0.5, 0.6) is 0 Å². The number of nitrogens with zero attached hydrogens (tertiary/aromatic N) is 1. The number of hydrogen-bond acceptors (Lipinski definition) is 3. The number of rotatable bonds is 6. The minimum Gasteiger partial charge on any atom is -0.394 e. The van der Waals surface area contributed by atoms with E-state index in [0.717, 1.165) is 23.2 Å². The van der Waals surface area contributed by atoms with Crippen molar-refractivity contribution in [2.45, 2.75) is 32.4 Å². The van der Waals surface area contributed by atoms with E-state index in [1.807, 2.05) is 37.4 Å². The number of pyridine rings is 1. The average molecular weight is 270 g/mol. The number of aryl methyl sites for hydroxylation is 1. The Kier molecular flexibility index (Phi) is 4.88. The van der Waals surface area contributed by atoms with Crippen LogP contribution >= 0.6 is 0 Å². The highest BCUT2D eigenvalue weighted by Gasteiger charge is 2.28. The van der Waals surface area contributed by atoms with Crippen molar-refractivity contribution in [3.63, 3.8) is 0 Å². The Labute approximate surface area is 120 Å². The van der Waals surface area contributed by atoms with Gasteiger partial charge in [-0.1, -0.05) is 43.3 Å². The molecule has 2 rings (SSSR count). The molecule has 3 nitrogen and oxygen atoms in total. The summed E-state index contributed by atoms with van der Waals surface area (Å²) in [5.41, 5.74) is 2.84. The number of aromatic nitrogens is 1. The predicted molar refractivity (Wildman–Crippen MR) is 81.3 cm³/mol. The molecule has 0 bridgehead atoms. The molecule has 0 spiro atoms. The van der Waals surface area contributed by atoms with E-state index >= 15 is 0 Å². The van der Waals surface area contributed by atoms with Gasteiger partial charge < -0.3 is 5.11 Å². The summed E-state index contributed by atoms with van der Waals surface area (Å²) in [6.07, 6.45) is 2.69. The molecule has 0 saturated heterocycles. The molecule has 0 radical (unpaired) electrons. The third-order valence-electron chi connectivity index (χ3n) is 3.78. The van der Waals surface area contributed by atoms with Gasteiger partial charge in [0.25, 0.3) is 0 Å². The molecule has 0 saturated carbocycles. The molecule has 20 heavy (non-hydrogen) atoms. The first kappa shape index (κ1) is 14.7. The third-order valence-corrected chi connectivity index (χ3v) is 3.78. The van der Waals surface area contributed by atoms with E-state index in [2.05, 4.69) is 35.4 Å². The normalized spacial score (nSPS) is 13.9. The van der Waals surface area contributed by atoms with E-state index in [9.17, 15) is 5.11 Å². The highest BCUT2D eigenvalue weighted by atomic mass is 16.3. The number of aliphatic hydroxyl groups excluding tert-OH is 1. The van der Waals surface area contributed by atoms with Crippen LogP contribution in [-0.2, 0) is 12.1 Å².